The molecule has 2 rings (SSSR count). The lowest BCUT2D eigenvalue weighted by molar-refractivity contribution is 0.602. The molecular formula is C10H8N2O2S. The van der Waals surface area contributed by atoms with E-state index in [0.29, 0.717) is 10.9 Å². The highest BCUT2D eigenvalue weighted by Crippen LogP contribution is 2.19. The molecule has 1 heterocycles. The Kier molecular flexibility index (Phi) is 2.24. The van der Waals surface area contributed by atoms with Crippen LogP contribution in [-0.4, -0.2) is 18.4 Å². The Morgan fingerprint density at radius 2 is 1.93 bits per heavy atom. The Bertz CT molecular complexity index is 615. The van der Waals surface area contributed by atoms with Crippen molar-refractivity contribution >= 4 is 20.7 Å². The lowest BCUT2D eigenvalue weighted by atomic mass is 10.2. The molecular weight excluding hydrogens is 212 g/mol. The predicted octanol–water partition coefficient (Wildman–Crippen LogP) is 1.55. The Hall–Kier alpha value is -1.75. The SMILES string of the molecule is C=CS(=O)(=O)c1ncnc2ccccc12. The molecule has 0 aliphatic heterocycles. The van der Waals surface area contributed by atoms with Crippen molar-refractivity contribution in [3.8, 4) is 0 Å². The summed E-state index contributed by atoms with van der Waals surface area (Å²) in [5.74, 6) is 0. The highest BCUT2D eigenvalue weighted by molar-refractivity contribution is 7.94. The first-order chi connectivity index (χ1) is 7.15. The molecule has 0 spiro atoms. The third-order valence-electron chi connectivity index (χ3n) is 2.00. The molecule has 0 saturated carbocycles. The first kappa shape index (κ1) is 9.79. The number of hydrogen-bond donors (Lipinski definition) is 0. The van der Waals surface area contributed by atoms with E-state index in [9.17, 15) is 8.42 Å². The van der Waals surface area contributed by atoms with E-state index in [1.807, 2.05) is 0 Å². The molecule has 0 fully saturated rings. The van der Waals surface area contributed by atoms with Crippen LogP contribution in [0.25, 0.3) is 10.9 Å². The van der Waals surface area contributed by atoms with Crippen molar-refractivity contribution in [2.45, 2.75) is 5.03 Å². The van der Waals surface area contributed by atoms with Crippen molar-refractivity contribution in [3.05, 3.63) is 42.6 Å². The largest absolute Gasteiger partial charge is 0.236 e. The fourth-order valence-electron chi connectivity index (χ4n) is 1.29. The summed E-state index contributed by atoms with van der Waals surface area (Å²) in [4.78, 5) is 7.76. The van der Waals surface area contributed by atoms with Crippen LogP contribution in [0.2, 0.25) is 0 Å². The second-order valence-electron chi connectivity index (χ2n) is 2.91. The van der Waals surface area contributed by atoms with E-state index in [2.05, 4.69) is 16.5 Å². The van der Waals surface area contributed by atoms with Crippen molar-refractivity contribution in [1.29, 1.82) is 0 Å². The maximum Gasteiger partial charge on any atom is 0.217 e. The van der Waals surface area contributed by atoms with E-state index in [1.54, 1.807) is 24.3 Å². The summed E-state index contributed by atoms with van der Waals surface area (Å²) >= 11 is 0. The van der Waals surface area contributed by atoms with E-state index in [0.717, 1.165) is 5.41 Å². The number of nitrogens with zero attached hydrogens (tertiary/aromatic N) is 2. The van der Waals surface area contributed by atoms with Crippen LogP contribution in [0.3, 0.4) is 0 Å². The zero-order valence-electron chi connectivity index (χ0n) is 7.79. The van der Waals surface area contributed by atoms with Gasteiger partial charge in [0.2, 0.25) is 9.84 Å². The van der Waals surface area contributed by atoms with Crippen LogP contribution in [0, 0.1) is 0 Å². The van der Waals surface area contributed by atoms with Gasteiger partial charge in [-0.25, -0.2) is 18.4 Å². The Labute approximate surface area is 87.2 Å². The molecule has 0 saturated heterocycles. The van der Waals surface area contributed by atoms with Gasteiger partial charge in [-0.05, 0) is 12.1 Å². The van der Waals surface area contributed by atoms with Crippen LogP contribution in [0.5, 0.6) is 0 Å². The summed E-state index contributed by atoms with van der Waals surface area (Å²) < 4.78 is 23.2. The molecule has 1 aromatic heterocycles. The minimum atomic E-state index is -3.51. The van der Waals surface area contributed by atoms with Gasteiger partial charge in [-0.15, -0.1) is 0 Å². The lowest BCUT2D eigenvalue weighted by Crippen LogP contribution is -2.00. The molecule has 5 heteroatoms. The fraction of sp³-hybridized carbons (Fsp3) is 0. The summed E-state index contributed by atoms with van der Waals surface area (Å²) in [7, 11) is -3.51. The summed E-state index contributed by atoms with van der Waals surface area (Å²) in [6.45, 7) is 3.27. The van der Waals surface area contributed by atoms with Crippen molar-refractivity contribution in [3.63, 3.8) is 0 Å². The Morgan fingerprint density at radius 3 is 2.67 bits per heavy atom. The van der Waals surface area contributed by atoms with Crippen LogP contribution in [0.15, 0.2) is 47.6 Å². The zero-order chi connectivity index (χ0) is 10.9. The van der Waals surface area contributed by atoms with E-state index in [-0.39, 0.29) is 5.03 Å². The first-order valence-corrected chi connectivity index (χ1v) is 5.77. The minimum absolute atomic E-state index is 0.00287. The third kappa shape index (κ3) is 1.61. The normalized spacial score (nSPS) is 11.5. The standard InChI is InChI=1S/C10H8N2O2S/c1-2-15(13,14)10-8-5-3-4-6-9(8)11-7-12-10/h2-7H,1H2. The molecule has 76 valence electrons. The van der Waals surface area contributed by atoms with E-state index in [1.165, 1.54) is 6.33 Å². The molecule has 0 aliphatic carbocycles. The Morgan fingerprint density at radius 1 is 1.20 bits per heavy atom. The molecule has 4 nitrogen and oxygen atoms in total. The van der Waals surface area contributed by atoms with Crippen molar-refractivity contribution in [1.82, 2.24) is 9.97 Å². The quantitative estimate of drug-likeness (QED) is 0.720. The van der Waals surface area contributed by atoms with Gasteiger partial charge in [0.15, 0.2) is 5.03 Å². The molecule has 0 unspecified atom stereocenters. The smallest absolute Gasteiger partial charge is 0.217 e. The van der Waals surface area contributed by atoms with Crippen LogP contribution in [0.4, 0.5) is 0 Å². The number of para-hydroxylation sites is 1. The minimum Gasteiger partial charge on any atom is -0.236 e. The number of benzene rings is 1. The lowest BCUT2D eigenvalue weighted by Gasteiger charge is -2.01. The second kappa shape index (κ2) is 3.43. The molecule has 0 radical (unpaired) electrons. The van der Waals surface area contributed by atoms with Gasteiger partial charge in [0.25, 0.3) is 0 Å². The van der Waals surface area contributed by atoms with Crippen LogP contribution >= 0.6 is 0 Å². The van der Waals surface area contributed by atoms with Crippen molar-refractivity contribution in [2.24, 2.45) is 0 Å². The summed E-state index contributed by atoms with van der Waals surface area (Å²) in [6.07, 6.45) is 1.23. The number of hydrogen-bond acceptors (Lipinski definition) is 4. The van der Waals surface area contributed by atoms with Gasteiger partial charge in [-0.1, -0.05) is 18.7 Å². The number of fused-ring (bicyclic) bond motifs is 1. The molecule has 0 amide bonds. The van der Waals surface area contributed by atoms with Gasteiger partial charge >= 0.3 is 0 Å². The summed E-state index contributed by atoms with van der Waals surface area (Å²) in [5, 5.41) is 1.41. The molecule has 15 heavy (non-hydrogen) atoms. The van der Waals surface area contributed by atoms with Gasteiger partial charge in [0, 0.05) is 10.8 Å². The maximum absolute atomic E-state index is 11.6. The second-order valence-corrected chi connectivity index (χ2v) is 4.72. The molecule has 1 aromatic carbocycles. The van der Waals surface area contributed by atoms with E-state index >= 15 is 0 Å². The Balaban J connectivity index is 2.89. The monoisotopic (exact) mass is 220 g/mol. The number of rotatable bonds is 2. The van der Waals surface area contributed by atoms with Gasteiger partial charge in [-0.2, -0.15) is 0 Å². The van der Waals surface area contributed by atoms with Crippen molar-refractivity contribution < 1.29 is 8.42 Å². The van der Waals surface area contributed by atoms with E-state index < -0.39 is 9.84 Å². The van der Waals surface area contributed by atoms with Gasteiger partial charge in [0.1, 0.15) is 6.33 Å². The summed E-state index contributed by atoms with van der Waals surface area (Å²) in [5.41, 5.74) is 0.605. The van der Waals surface area contributed by atoms with E-state index in [4.69, 9.17) is 0 Å². The average Bonchev–Trinajstić information content (AvgIpc) is 2.28. The molecule has 2 aromatic rings. The summed E-state index contributed by atoms with van der Waals surface area (Å²) in [6, 6.07) is 6.94. The van der Waals surface area contributed by atoms with Crippen LogP contribution in [0.1, 0.15) is 0 Å². The van der Waals surface area contributed by atoms with Gasteiger partial charge in [0.05, 0.1) is 5.52 Å². The predicted molar refractivity (Wildman–Crippen MR) is 56.9 cm³/mol. The highest BCUT2D eigenvalue weighted by Gasteiger charge is 2.15. The number of aromatic nitrogens is 2. The molecule has 0 N–H and O–H groups in total. The molecule has 0 aliphatic rings. The van der Waals surface area contributed by atoms with Gasteiger partial charge in [-0.3, -0.25) is 0 Å². The van der Waals surface area contributed by atoms with Crippen LogP contribution in [-0.2, 0) is 9.84 Å². The topological polar surface area (TPSA) is 59.9 Å². The molecule has 0 atom stereocenters. The van der Waals surface area contributed by atoms with Crippen LogP contribution < -0.4 is 0 Å². The fourth-order valence-corrected chi connectivity index (χ4v) is 2.12. The molecule has 0 bridgehead atoms. The average molecular weight is 220 g/mol. The third-order valence-corrected chi connectivity index (χ3v) is 3.30. The number of sulfone groups is 1. The van der Waals surface area contributed by atoms with Gasteiger partial charge < -0.3 is 0 Å². The maximum atomic E-state index is 11.6. The zero-order valence-corrected chi connectivity index (χ0v) is 8.61. The first-order valence-electron chi connectivity index (χ1n) is 4.22. The highest BCUT2D eigenvalue weighted by atomic mass is 32.2. The van der Waals surface area contributed by atoms with Crippen molar-refractivity contribution in [2.75, 3.05) is 0 Å².